The van der Waals surface area contributed by atoms with Crippen LogP contribution in [0.3, 0.4) is 0 Å². The molecule has 0 aliphatic heterocycles. The molecule has 0 aliphatic carbocycles. The number of carbonyl (C=O) groups excluding carboxylic acids is 1. The van der Waals surface area contributed by atoms with Crippen LogP contribution in [0.2, 0.25) is 0 Å². The molecule has 4 aromatic rings. The van der Waals surface area contributed by atoms with Crippen molar-refractivity contribution in [3.05, 3.63) is 106 Å². The fourth-order valence-electron chi connectivity index (χ4n) is 4.97. The zero-order valence-electron chi connectivity index (χ0n) is 22.2. The van der Waals surface area contributed by atoms with Crippen molar-refractivity contribution < 1.29 is 4.79 Å². The Morgan fingerprint density at radius 1 is 0.919 bits per heavy atom. The van der Waals surface area contributed by atoms with Crippen molar-refractivity contribution in [2.45, 2.75) is 65.3 Å². The molecule has 0 N–H and O–H groups in total. The van der Waals surface area contributed by atoms with Crippen molar-refractivity contribution in [2.75, 3.05) is 6.54 Å². The van der Waals surface area contributed by atoms with Gasteiger partial charge >= 0.3 is 0 Å². The van der Waals surface area contributed by atoms with E-state index in [0.29, 0.717) is 36.1 Å². The maximum Gasteiger partial charge on any atom is 0.266 e. The quantitative estimate of drug-likeness (QED) is 0.215. The number of amides is 1. The van der Waals surface area contributed by atoms with Gasteiger partial charge in [0.05, 0.1) is 29.1 Å². The highest BCUT2D eigenvalue weighted by atomic mass is 16.2. The summed E-state index contributed by atoms with van der Waals surface area (Å²) in [7, 11) is 0. The number of para-hydroxylation sites is 1. The summed E-state index contributed by atoms with van der Waals surface area (Å²) in [4.78, 5) is 34.7. The van der Waals surface area contributed by atoms with E-state index in [1.54, 1.807) is 4.57 Å². The van der Waals surface area contributed by atoms with Crippen LogP contribution in [0.5, 0.6) is 0 Å². The number of nitrogens with zero attached hydrogens (tertiary/aromatic N) is 3. The van der Waals surface area contributed by atoms with Crippen molar-refractivity contribution in [2.24, 2.45) is 0 Å². The van der Waals surface area contributed by atoms with Crippen LogP contribution in [0, 0.1) is 6.92 Å². The molecule has 0 aliphatic rings. The van der Waals surface area contributed by atoms with Gasteiger partial charge in [-0.25, -0.2) is 4.98 Å². The van der Waals surface area contributed by atoms with E-state index in [4.69, 9.17) is 4.98 Å². The van der Waals surface area contributed by atoms with Crippen molar-refractivity contribution in [1.82, 2.24) is 14.5 Å². The number of aromatic nitrogens is 2. The highest BCUT2D eigenvalue weighted by Crippen LogP contribution is 2.27. The Hall–Kier alpha value is -3.73. The van der Waals surface area contributed by atoms with Crippen LogP contribution in [0.25, 0.3) is 16.6 Å². The van der Waals surface area contributed by atoms with E-state index in [2.05, 4.69) is 13.8 Å². The maximum absolute atomic E-state index is 13.9. The summed E-state index contributed by atoms with van der Waals surface area (Å²) < 4.78 is 1.72. The Morgan fingerprint density at radius 2 is 1.68 bits per heavy atom. The molecular formula is C32H37N3O2. The predicted octanol–water partition coefficient (Wildman–Crippen LogP) is 6.80. The van der Waals surface area contributed by atoms with Crippen LogP contribution in [0.4, 0.5) is 0 Å². The van der Waals surface area contributed by atoms with E-state index in [-0.39, 0.29) is 17.5 Å². The summed E-state index contributed by atoms with van der Waals surface area (Å²) in [6.07, 6.45) is 5.25. The summed E-state index contributed by atoms with van der Waals surface area (Å²) in [5.41, 5.74) is 3.38. The average Bonchev–Trinajstić information content (AvgIpc) is 2.91. The predicted molar refractivity (Wildman–Crippen MR) is 151 cm³/mol. The number of hydrogen-bond acceptors (Lipinski definition) is 3. The fraction of sp³-hybridized carbons (Fsp3) is 0.344. The van der Waals surface area contributed by atoms with Gasteiger partial charge in [0.15, 0.2) is 0 Å². The van der Waals surface area contributed by atoms with Crippen molar-refractivity contribution in [1.29, 1.82) is 0 Å². The van der Waals surface area contributed by atoms with Gasteiger partial charge in [0, 0.05) is 6.54 Å². The Balaban J connectivity index is 1.84. The molecule has 192 valence electrons. The van der Waals surface area contributed by atoms with Gasteiger partial charge < -0.3 is 4.90 Å². The van der Waals surface area contributed by atoms with Crippen LogP contribution in [0.15, 0.2) is 83.7 Å². The van der Waals surface area contributed by atoms with Crippen LogP contribution >= 0.6 is 0 Å². The standard InChI is InChI=1S/C32H37N3O2/c1-4-6-7-13-21-34(30(36)23-25-16-9-8-10-17-25)29(5-2)31-33-28-20-12-11-19-27(28)32(37)35(31)26-18-14-15-24(3)22-26/h8-12,14-20,22,29H,4-7,13,21,23H2,1-3H3. The van der Waals surface area contributed by atoms with E-state index in [0.717, 1.165) is 42.5 Å². The average molecular weight is 496 g/mol. The Labute approximate surface area is 219 Å². The molecule has 0 spiro atoms. The van der Waals surface area contributed by atoms with Crippen molar-refractivity contribution >= 4 is 16.8 Å². The topological polar surface area (TPSA) is 55.2 Å². The lowest BCUT2D eigenvalue weighted by Crippen LogP contribution is -2.40. The molecule has 1 unspecified atom stereocenters. The first kappa shape index (κ1) is 26.3. The second kappa shape index (κ2) is 12.5. The van der Waals surface area contributed by atoms with Crippen LogP contribution in [0.1, 0.15) is 68.9 Å². The maximum atomic E-state index is 13.9. The third kappa shape index (κ3) is 6.16. The van der Waals surface area contributed by atoms with Gasteiger partial charge in [-0.15, -0.1) is 0 Å². The van der Waals surface area contributed by atoms with Gasteiger partial charge in [0.25, 0.3) is 5.56 Å². The highest BCUT2D eigenvalue weighted by Gasteiger charge is 2.29. The number of aryl methyl sites for hydroxylation is 1. The van der Waals surface area contributed by atoms with Crippen LogP contribution < -0.4 is 5.56 Å². The van der Waals surface area contributed by atoms with Crippen LogP contribution in [-0.2, 0) is 11.2 Å². The van der Waals surface area contributed by atoms with E-state index in [1.165, 1.54) is 0 Å². The number of hydrogen-bond donors (Lipinski definition) is 0. The highest BCUT2D eigenvalue weighted by molar-refractivity contribution is 5.80. The van der Waals surface area contributed by atoms with Gasteiger partial charge in [0.2, 0.25) is 5.91 Å². The molecule has 37 heavy (non-hydrogen) atoms. The molecular weight excluding hydrogens is 458 g/mol. The number of carbonyl (C=O) groups is 1. The molecule has 0 saturated heterocycles. The summed E-state index contributed by atoms with van der Waals surface area (Å²) >= 11 is 0. The molecule has 5 heteroatoms. The van der Waals surface area contributed by atoms with Gasteiger partial charge in [-0.3, -0.25) is 14.2 Å². The Bertz CT molecular complexity index is 1390. The molecule has 0 fully saturated rings. The minimum absolute atomic E-state index is 0.0627. The van der Waals surface area contributed by atoms with E-state index < -0.39 is 0 Å². The molecule has 1 heterocycles. The van der Waals surface area contributed by atoms with Crippen LogP contribution in [-0.4, -0.2) is 26.9 Å². The second-order valence-corrected chi connectivity index (χ2v) is 9.70. The van der Waals surface area contributed by atoms with E-state index in [9.17, 15) is 9.59 Å². The minimum Gasteiger partial charge on any atom is -0.332 e. The molecule has 0 radical (unpaired) electrons. The van der Waals surface area contributed by atoms with Gasteiger partial charge in [-0.1, -0.05) is 87.7 Å². The second-order valence-electron chi connectivity index (χ2n) is 9.70. The van der Waals surface area contributed by atoms with Crippen molar-refractivity contribution in [3.8, 4) is 5.69 Å². The molecule has 1 amide bonds. The molecule has 3 aromatic carbocycles. The summed E-state index contributed by atoms with van der Waals surface area (Å²) in [5.74, 6) is 0.682. The van der Waals surface area contributed by atoms with Gasteiger partial charge in [0.1, 0.15) is 5.82 Å². The molecule has 1 aromatic heterocycles. The van der Waals surface area contributed by atoms with Gasteiger partial charge in [-0.2, -0.15) is 0 Å². The van der Waals surface area contributed by atoms with Crippen molar-refractivity contribution in [3.63, 3.8) is 0 Å². The largest absolute Gasteiger partial charge is 0.332 e. The molecule has 0 bridgehead atoms. The first-order valence-electron chi connectivity index (χ1n) is 13.5. The number of unbranched alkanes of at least 4 members (excludes halogenated alkanes) is 3. The fourth-order valence-corrected chi connectivity index (χ4v) is 4.97. The Morgan fingerprint density at radius 3 is 2.41 bits per heavy atom. The first-order valence-corrected chi connectivity index (χ1v) is 13.5. The molecule has 1 atom stereocenters. The monoisotopic (exact) mass is 495 g/mol. The lowest BCUT2D eigenvalue weighted by atomic mass is 10.1. The number of benzene rings is 3. The summed E-state index contributed by atoms with van der Waals surface area (Å²) in [6, 6.07) is 24.9. The normalized spacial score (nSPS) is 12.0. The lowest BCUT2D eigenvalue weighted by molar-refractivity contribution is -0.133. The lowest BCUT2D eigenvalue weighted by Gasteiger charge is -2.33. The molecule has 4 rings (SSSR count). The number of rotatable bonds is 11. The molecule has 0 saturated carbocycles. The third-order valence-electron chi connectivity index (χ3n) is 6.89. The third-order valence-corrected chi connectivity index (χ3v) is 6.89. The zero-order chi connectivity index (χ0) is 26.2. The molecule has 5 nitrogen and oxygen atoms in total. The van der Waals surface area contributed by atoms with E-state index >= 15 is 0 Å². The summed E-state index contributed by atoms with van der Waals surface area (Å²) in [5, 5.41) is 0.577. The zero-order valence-corrected chi connectivity index (χ0v) is 22.2. The minimum atomic E-state index is -0.323. The number of fused-ring (bicyclic) bond motifs is 1. The van der Waals surface area contributed by atoms with Gasteiger partial charge in [-0.05, 0) is 55.2 Å². The Kier molecular flexibility index (Phi) is 8.89. The summed E-state index contributed by atoms with van der Waals surface area (Å²) in [6.45, 7) is 6.91. The smallest absolute Gasteiger partial charge is 0.266 e. The SMILES string of the molecule is CCCCCCN(C(=O)Cc1ccccc1)C(CC)c1nc2ccccc2c(=O)n1-c1cccc(C)c1. The first-order chi connectivity index (χ1) is 18.0. The van der Waals surface area contributed by atoms with E-state index in [1.807, 2.05) is 90.7 Å².